The average Bonchev–Trinajstić information content (AvgIpc) is 2.84. The zero-order chi connectivity index (χ0) is 10.3. The Morgan fingerprint density at radius 2 is 1.93 bits per heavy atom. The van der Waals surface area contributed by atoms with Gasteiger partial charge in [-0.25, -0.2) is 0 Å². The molecule has 2 nitrogen and oxygen atoms in total. The zero-order valence-electron chi connectivity index (χ0n) is 7.92. The Morgan fingerprint density at radius 3 is 2.73 bits per heavy atom. The highest BCUT2D eigenvalue weighted by Gasteiger charge is 2.03. The molecular weight excluding hydrogens is 252 g/mol. The molecule has 0 saturated carbocycles. The summed E-state index contributed by atoms with van der Waals surface area (Å²) in [6, 6.07) is 12.4. The molecule has 0 aliphatic heterocycles. The van der Waals surface area contributed by atoms with Crippen LogP contribution in [0.15, 0.2) is 47.1 Å². The fraction of sp³-hybridized carbons (Fsp3) is 0. The lowest BCUT2D eigenvalue weighted by molar-refractivity contribution is 1.35. The Labute approximate surface area is 95.5 Å². The third-order valence-corrected chi connectivity index (χ3v) is 2.96. The summed E-state index contributed by atoms with van der Waals surface area (Å²) >= 11 is 3.47. The highest BCUT2D eigenvalue weighted by Crippen LogP contribution is 2.25. The van der Waals surface area contributed by atoms with Crippen LogP contribution in [-0.2, 0) is 0 Å². The van der Waals surface area contributed by atoms with Gasteiger partial charge in [0, 0.05) is 21.6 Å². The van der Waals surface area contributed by atoms with Crippen molar-refractivity contribution in [2.24, 2.45) is 0 Å². The topological polar surface area (TPSA) is 31.6 Å². The second-order valence-electron chi connectivity index (χ2n) is 3.50. The van der Waals surface area contributed by atoms with Gasteiger partial charge < -0.3 is 9.97 Å². The number of aromatic nitrogens is 2. The first-order chi connectivity index (χ1) is 7.33. The number of hydrogen-bond donors (Lipinski definition) is 2. The quantitative estimate of drug-likeness (QED) is 0.665. The van der Waals surface area contributed by atoms with Crippen molar-refractivity contribution < 1.29 is 0 Å². The highest BCUT2D eigenvalue weighted by atomic mass is 79.9. The molecule has 0 amide bonds. The minimum absolute atomic E-state index is 1.10. The smallest absolute Gasteiger partial charge is 0.0630 e. The molecule has 15 heavy (non-hydrogen) atoms. The maximum Gasteiger partial charge on any atom is 0.0630 e. The van der Waals surface area contributed by atoms with E-state index in [0.29, 0.717) is 0 Å². The molecule has 0 radical (unpaired) electrons. The summed E-state index contributed by atoms with van der Waals surface area (Å²) in [5.74, 6) is 0. The minimum atomic E-state index is 1.10. The van der Waals surface area contributed by atoms with E-state index in [4.69, 9.17) is 0 Å². The molecule has 74 valence electrons. The maximum atomic E-state index is 3.47. The molecule has 2 aromatic heterocycles. The number of benzene rings is 1. The Morgan fingerprint density at radius 1 is 1.00 bits per heavy atom. The van der Waals surface area contributed by atoms with Crippen LogP contribution in [0.5, 0.6) is 0 Å². The van der Waals surface area contributed by atoms with Gasteiger partial charge in [-0.1, -0.05) is 15.9 Å². The van der Waals surface area contributed by atoms with Gasteiger partial charge in [-0.15, -0.1) is 0 Å². The highest BCUT2D eigenvalue weighted by molar-refractivity contribution is 9.10. The standard InChI is InChI=1S/C12H9BrN2/c13-9-3-4-10-8(6-9)7-12(15-10)11-2-1-5-14-11/h1-7,14-15H. The lowest BCUT2D eigenvalue weighted by Crippen LogP contribution is -1.74. The van der Waals surface area contributed by atoms with E-state index >= 15 is 0 Å². The summed E-state index contributed by atoms with van der Waals surface area (Å²) in [7, 11) is 0. The number of hydrogen-bond acceptors (Lipinski definition) is 0. The zero-order valence-corrected chi connectivity index (χ0v) is 9.51. The van der Waals surface area contributed by atoms with E-state index in [0.717, 1.165) is 21.4 Å². The molecule has 0 aliphatic rings. The molecule has 0 fully saturated rings. The van der Waals surface area contributed by atoms with Crippen LogP contribution in [0.3, 0.4) is 0 Å². The number of halogens is 1. The third kappa shape index (κ3) is 1.49. The summed E-state index contributed by atoms with van der Waals surface area (Å²) in [4.78, 5) is 6.56. The van der Waals surface area contributed by atoms with Gasteiger partial charge in [0.25, 0.3) is 0 Å². The van der Waals surface area contributed by atoms with Gasteiger partial charge in [-0.2, -0.15) is 0 Å². The van der Waals surface area contributed by atoms with Crippen molar-refractivity contribution in [1.29, 1.82) is 0 Å². The SMILES string of the molecule is Brc1ccc2[nH]c(-c3ccc[nH]3)cc2c1. The van der Waals surface area contributed by atoms with E-state index in [-0.39, 0.29) is 0 Å². The van der Waals surface area contributed by atoms with Crippen LogP contribution in [0.4, 0.5) is 0 Å². The summed E-state index contributed by atoms with van der Waals surface area (Å²) < 4.78 is 1.10. The second-order valence-corrected chi connectivity index (χ2v) is 4.41. The van der Waals surface area contributed by atoms with Crippen LogP contribution in [0.25, 0.3) is 22.3 Å². The average molecular weight is 261 g/mol. The molecule has 0 saturated heterocycles. The molecule has 0 aliphatic carbocycles. The Balaban J connectivity index is 2.22. The van der Waals surface area contributed by atoms with E-state index in [1.165, 1.54) is 5.39 Å². The largest absolute Gasteiger partial charge is 0.360 e. The van der Waals surface area contributed by atoms with Crippen LogP contribution in [0, 0.1) is 0 Å². The minimum Gasteiger partial charge on any atom is -0.360 e. The van der Waals surface area contributed by atoms with Crippen molar-refractivity contribution in [2.45, 2.75) is 0 Å². The fourth-order valence-corrected chi connectivity index (χ4v) is 2.13. The Kier molecular flexibility index (Phi) is 1.92. The number of rotatable bonds is 1. The second kappa shape index (κ2) is 3.28. The lowest BCUT2D eigenvalue weighted by Gasteiger charge is -1.90. The number of H-pyrrole nitrogens is 2. The van der Waals surface area contributed by atoms with Crippen molar-refractivity contribution >= 4 is 26.8 Å². The Bertz CT molecular complexity index is 593. The molecule has 0 spiro atoms. The van der Waals surface area contributed by atoms with Crippen LogP contribution >= 0.6 is 15.9 Å². The predicted octanol–water partition coefficient (Wildman–Crippen LogP) is 3.93. The van der Waals surface area contributed by atoms with Crippen molar-refractivity contribution in [2.75, 3.05) is 0 Å². The van der Waals surface area contributed by atoms with Gasteiger partial charge in [-0.05, 0) is 36.4 Å². The van der Waals surface area contributed by atoms with Crippen molar-refractivity contribution in [3.8, 4) is 11.4 Å². The van der Waals surface area contributed by atoms with Crippen molar-refractivity contribution in [3.05, 3.63) is 47.1 Å². The Hall–Kier alpha value is -1.48. The van der Waals surface area contributed by atoms with Crippen LogP contribution in [0.2, 0.25) is 0 Å². The summed E-state index contributed by atoms with van der Waals surface area (Å²) in [5.41, 5.74) is 3.39. The molecular formula is C12H9BrN2. The first kappa shape index (κ1) is 8.80. The molecule has 0 atom stereocenters. The first-order valence-corrected chi connectivity index (χ1v) is 5.54. The van der Waals surface area contributed by atoms with E-state index in [9.17, 15) is 0 Å². The van der Waals surface area contributed by atoms with Crippen LogP contribution in [0.1, 0.15) is 0 Å². The fourth-order valence-electron chi connectivity index (χ4n) is 1.75. The summed E-state index contributed by atoms with van der Waals surface area (Å²) in [6.45, 7) is 0. The first-order valence-electron chi connectivity index (χ1n) is 4.75. The molecule has 0 bridgehead atoms. The molecule has 2 heterocycles. The van der Waals surface area contributed by atoms with Crippen LogP contribution in [-0.4, -0.2) is 9.97 Å². The van der Waals surface area contributed by atoms with Gasteiger partial charge in [0.05, 0.1) is 11.4 Å². The lowest BCUT2D eigenvalue weighted by atomic mass is 10.2. The third-order valence-electron chi connectivity index (χ3n) is 2.47. The molecule has 0 unspecified atom stereocenters. The van der Waals surface area contributed by atoms with E-state index < -0.39 is 0 Å². The number of aromatic amines is 2. The monoisotopic (exact) mass is 260 g/mol. The van der Waals surface area contributed by atoms with Gasteiger partial charge in [0.1, 0.15) is 0 Å². The number of fused-ring (bicyclic) bond motifs is 1. The van der Waals surface area contributed by atoms with E-state index in [2.05, 4.69) is 50.2 Å². The van der Waals surface area contributed by atoms with Gasteiger partial charge in [0.15, 0.2) is 0 Å². The molecule has 3 heteroatoms. The normalized spacial score (nSPS) is 11.0. The van der Waals surface area contributed by atoms with Gasteiger partial charge >= 0.3 is 0 Å². The molecule has 1 aromatic carbocycles. The van der Waals surface area contributed by atoms with Gasteiger partial charge in [-0.3, -0.25) is 0 Å². The van der Waals surface area contributed by atoms with Crippen molar-refractivity contribution in [3.63, 3.8) is 0 Å². The van der Waals surface area contributed by atoms with Crippen molar-refractivity contribution in [1.82, 2.24) is 9.97 Å². The van der Waals surface area contributed by atoms with E-state index in [1.54, 1.807) is 0 Å². The summed E-state index contributed by atoms with van der Waals surface area (Å²) in [6.07, 6.45) is 1.93. The molecule has 3 rings (SSSR count). The molecule has 3 aromatic rings. The maximum absolute atomic E-state index is 3.47. The molecule has 2 N–H and O–H groups in total. The number of nitrogens with one attached hydrogen (secondary N) is 2. The summed E-state index contributed by atoms with van der Waals surface area (Å²) in [5, 5.41) is 1.22. The van der Waals surface area contributed by atoms with Crippen LogP contribution < -0.4 is 0 Å². The van der Waals surface area contributed by atoms with E-state index in [1.807, 2.05) is 18.3 Å². The predicted molar refractivity (Wildman–Crippen MR) is 65.8 cm³/mol. The van der Waals surface area contributed by atoms with Gasteiger partial charge in [0.2, 0.25) is 0 Å².